The van der Waals surface area contributed by atoms with Crippen molar-refractivity contribution in [3.63, 3.8) is 0 Å². The summed E-state index contributed by atoms with van der Waals surface area (Å²) in [7, 11) is 0. The molecule has 0 aliphatic carbocycles. The Morgan fingerprint density at radius 1 is 1.33 bits per heavy atom. The summed E-state index contributed by atoms with van der Waals surface area (Å²) in [5, 5.41) is 4.16. The highest BCUT2D eigenvalue weighted by molar-refractivity contribution is 5.51. The molecule has 0 atom stereocenters. The number of anilines is 1. The lowest BCUT2D eigenvalue weighted by atomic mass is 10.3. The second-order valence-corrected chi connectivity index (χ2v) is 3.23. The lowest BCUT2D eigenvalue weighted by Gasteiger charge is -2.04. The molecule has 0 amide bonds. The molecule has 15 heavy (non-hydrogen) atoms. The smallest absolute Gasteiger partial charge is 0.187 e. The molecular weight excluding hydrogens is 188 g/mol. The van der Waals surface area contributed by atoms with E-state index < -0.39 is 0 Å². The highest BCUT2D eigenvalue weighted by atomic mass is 15.3. The number of hydrogen-bond donors (Lipinski definition) is 1. The first kappa shape index (κ1) is 9.28. The van der Waals surface area contributed by atoms with Crippen LogP contribution in [0.25, 0.3) is 10.5 Å². The van der Waals surface area contributed by atoms with Crippen molar-refractivity contribution in [3.8, 4) is 5.69 Å². The zero-order valence-electron chi connectivity index (χ0n) is 8.31. The van der Waals surface area contributed by atoms with Gasteiger partial charge in [-0.25, -0.2) is 9.53 Å². The molecule has 0 aliphatic rings. The van der Waals surface area contributed by atoms with Crippen LogP contribution in [0.5, 0.6) is 0 Å². The van der Waals surface area contributed by atoms with Crippen molar-refractivity contribution in [3.05, 3.63) is 47.6 Å². The van der Waals surface area contributed by atoms with E-state index in [9.17, 15) is 0 Å². The Balaban J connectivity index is 2.47. The SMILES string of the molecule is [C-]#[N+]c1ccc(-n2ncc(N)c2C)cc1. The van der Waals surface area contributed by atoms with Gasteiger partial charge >= 0.3 is 0 Å². The third-order valence-electron chi connectivity index (χ3n) is 2.27. The maximum atomic E-state index is 6.85. The lowest BCUT2D eigenvalue weighted by molar-refractivity contribution is 0.848. The van der Waals surface area contributed by atoms with E-state index in [-0.39, 0.29) is 0 Å². The van der Waals surface area contributed by atoms with Crippen molar-refractivity contribution in [2.75, 3.05) is 5.73 Å². The van der Waals surface area contributed by atoms with Crippen molar-refractivity contribution in [1.29, 1.82) is 0 Å². The monoisotopic (exact) mass is 198 g/mol. The number of hydrogen-bond acceptors (Lipinski definition) is 2. The van der Waals surface area contributed by atoms with Crippen LogP contribution in [-0.4, -0.2) is 9.78 Å². The number of rotatable bonds is 1. The zero-order valence-corrected chi connectivity index (χ0v) is 8.31. The van der Waals surface area contributed by atoms with Crippen LogP contribution in [0.2, 0.25) is 0 Å². The Labute approximate surface area is 87.8 Å². The molecule has 0 saturated heterocycles. The molecule has 0 aliphatic heterocycles. The molecule has 4 nitrogen and oxygen atoms in total. The van der Waals surface area contributed by atoms with Crippen molar-refractivity contribution in [2.24, 2.45) is 0 Å². The minimum absolute atomic E-state index is 0.622. The van der Waals surface area contributed by atoms with Crippen LogP contribution < -0.4 is 5.73 Å². The lowest BCUT2D eigenvalue weighted by Crippen LogP contribution is -1.98. The molecule has 0 bridgehead atoms. The van der Waals surface area contributed by atoms with Crippen LogP contribution in [-0.2, 0) is 0 Å². The molecule has 1 aromatic heterocycles. The van der Waals surface area contributed by atoms with Crippen LogP contribution in [0.4, 0.5) is 11.4 Å². The molecule has 1 aromatic carbocycles. The summed E-state index contributed by atoms with van der Waals surface area (Å²) in [5.74, 6) is 0. The normalized spacial score (nSPS) is 9.87. The summed E-state index contributed by atoms with van der Waals surface area (Å²) >= 11 is 0. The van der Waals surface area contributed by atoms with Crippen LogP contribution in [0.3, 0.4) is 0 Å². The molecular formula is C11H10N4. The predicted octanol–water partition coefficient (Wildman–Crippen LogP) is 2.31. The van der Waals surface area contributed by atoms with E-state index in [4.69, 9.17) is 12.3 Å². The number of aromatic nitrogens is 2. The van der Waals surface area contributed by atoms with Crippen molar-refractivity contribution in [1.82, 2.24) is 9.78 Å². The molecule has 0 fully saturated rings. The van der Waals surface area contributed by atoms with Crippen molar-refractivity contribution >= 4 is 11.4 Å². The second-order valence-electron chi connectivity index (χ2n) is 3.23. The molecule has 2 rings (SSSR count). The first-order valence-corrected chi connectivity index (χ1v) is 4.50. The number of nitrogen functional groups attached to an aromatic ring is 1. The van der Waals surface area contributed by atoms with Gasteiger partial charge < -0.3 is 5.73 Å². The van der Waals surface area contributed by atoms with Crippen molar-refractivity contribution < 1.29 is 0 Å². The van der Waals surface area contributed by atoms with Crippen LogP contribution in [0.15, 0.2) is 30.5 Å². The zero-order chi connectivity index (χ0) is 10.8. The fraction of sp³-hybridized carbons (Fsp3) is 0.0909. The van der Waals surface area contributed by atoms with Gasteiger partial charge in [0.05, 0.1) is 29.8 Å². The van der Waals surface area contributed by atoms with E-state index >= 15 is 0 Å². The molecule has 0 spiro atoms. The quantitative estimate of drug-likeness (QED) is 0.715. The van der Waals surface area contributed by atoms with E-state index in [1.54, 1.807) is 23.0 Å². The second kappa shape index (κ2) is 3.46. The van der Waals surface area contributed by atoms with E-state index in [2.05, 4.69) is 9.94 Å². The van der Waals surface area contributed by atoms with Gasteiger partial charge in [-0.1, -0.05) is 12.1 Å². The molecule has 4 heteroatoms. The largest absolute Gasteiger partial charge is 0.396 e. The average molecular weight is 198 g/mol. The molecule has 2 N–H and O–H groups in total. The van der Waals surface area contributed by atoms with E-state index in [0.29, 0.717) is 11.4 Å². The Morgan fingerprint density at radius 3 is 2.47 bits per heavy atom. The summed E-state index contributed by atoms with van der Waals surface area (Å²) in [6, 6.07) is 7.24. The fourth-order valence-corrected chi connectivity index (χ4v) is 1.35. The van der Waals surface area contributed by atoms with Gasteiger partial charge in [0.25, 0.3) is 0 Å². The third-order valence-corrected chi connectivity index (χ3v) is 2.27. The topological polar surface area (TPSA) is 48.2 Å². The average Bonchev–Trinajstić information content (AvgIpc) is 2.60. The highest BCUT2D eigenvalue weighted by Gasteiger charge is 2.04. The number of nitrogens with two attached hydrogens (primary N) is 1. The Morgan fingerprint density at radius 2 is 2.00 bits per heavy atom. The van der Waals surface area contributed by atoms with E-state index in [1.807, 2.05) is 19.1 Å². The summed E-state index contributed by atoms with van der Waals surface area (Å²) in [6.45, 7) is 8.76. The molecule has 0 unspecified atom stereocenters. The van der Waals surface area contributed by atoms with Gasteiger partial charge in [0.15, 0.2) is 5.69 Å². The van der Waals surface area contributed by atoms with Gasteiger partial charge in [0.2, 0.25) is 0 Å². The number of nitrogens with zero attached hydrogens (tertiary/aromatic N) is 3. The minimum Gasteiger partial charge on any atom is -0.396 e. The van der Waals surface area contributed by atoms with Gasteiger partial charge in [-0.15, -0.1) is 0 Å². The first-order chi connectivity index (χ1) is 7.22. The molecule has 2 aromatic rings. The summed E-state index contributed by atoms with van der Waals surface area (Å²) in [5.41, 5.74) is 8.82. The molecule has 74 valence electrons. The van der Waals surface area contributed by atoms with Gasteiger partial charge in [-0.2, -0.15) is 5.10 Å². The van der Waals surface area contributed by atoms with E-state index in [1.165, 1.54) is 0 Å². The molecule has 1 heterocycles. The van der Waals surface area contributed by atoms with Gasteiger partial charge in [-0.05, 0) is 19.1 Å². The predicted molar refractivity (Wildman–Crippen MR) is 59.0 cm³/mol. The van der Waals surface area contributed by atoms with Gasteiger partial charge in [0.1, 0.15) is 0 Å². The summed E-state index contributed by atoms with van der Waals surface area (Å²) in [4.78, 5) is 3.33. The van der Waals surface area contributed by atoms with Gasteiger partial charge in [-0.3, -0.25) is 0 Å². The van der Waals surface area contributed by atoms with Crippen LogP contribution in [0, 0.1) is 13.5 Å². The maximum absolute atomic E-state index is 6.85. The summed E-state index contributed by atoms with van der Waals surface area (Å²) in [6.07, 6.45) is 1.62. The Kier molecular flexibility index (Phi) is 2.14. The first-order valence-electron chi connectivity index (χ1n) is 4.50. The van der Waals surface area contributed by atoms with Crippen LogP contribution in [0.1, 0.15) is 5.69 Å². The Bertz CT molecular complexity index is 517. The number of benzene rings is 1. The minimum atomic E-state index is 0.622. The third kappa shape index (κ3) is 1.55. The molecule has 0 radical (unpaired) electrons. The Hall–Kier alpha value is -2.28. The summed E-state index contributed by atoms with van der Waals surface area (Å²) < 4.78 is 1.75. The highest BCUT2D eigenvalue weighted by Crippen LogP contribution is 2.18. The fourth-order valence-electron chi connectivity index (χ4n) is 1.35. The van der Waals surface area contributed by atoms with Crippen molar-refractivity contribution in [2.45, 2.75) is 6.92 Å². The van der Waals surface area contributed by atoms with Gasteiger partial charge in [0, 0.05) is 0 Å². The van der Waals surface area contributed by atoms with Crippen LogP contribution >= 0.6 is 0 Å². The standard InChI is InChI=1S/C11H10N4/c1-8-11(12)7-14-15(8)10-5-3-9(13-2)4-6-10/h3-7H,12H2,1H3. The van der Waals surface area contributed by atoms with E-state index in [0.717, 1.165) is 11.4 Å². The maximum Gasteiger partial charge on any atom is 0.187 e. The molecule has 0 saturated carbocycles.